The summed E-state index contributed by atoms with van der Waals surface area (Å²) < 4.78 is 47.4. The van der Waals surface area contributed by atoms with E-state index >= 15 is 0 Å². The van der Waals surface area contributed by atoms with E-state index in [0.29, 0.717) is 10.4 Å². The Bertz CT molecular complexity index is 1580. The molecule has 37 heavy (non-hydrogen) atoms. The van der Waals surface area contributed by atoms with E-state index in [1.165, 1.54) is 23.6 Å². The van der Waals surface area contributed by atoms with Gasteiger partial charge >= 0.3 is 12.2 Å². The monoisotopic (exact) mass is 513 g/mol. The fraction of sp³-hybridized carbons (Fsp3) is 0.440. The molecule has 1 aromatic carbocycles. The van der Waals surface area contributed by atoms with Crippen molar-refractivity contribution in [3.05, 3.63) is 57.8 Å². The van der Waals surface area contributed by atoms with E-state index in [1.807, 2.05) is 25.1 Å². The molecule has 12 heteroatoms. The van der Waals surface area contributed by atoms with Crippen molar-refractivity contribution >= 4 is 22.7 Å². The summed E-state index contributed by atoms with van der Waals surface area (Å²) in [6.07, 6.45) is 0.692. The summed E-state index contributed by atoms with van der Waals surface area (Å²) in [5.41, 5.74) is 2.54. The SMILES string of the molecule is CC1(c2coc(-n3c4nc(Nc5ccc6c(c5)CCNC6(C)C)ncc4c(=O)n3CC(F)(F)F)n2)CC1. The predicted molar refractivity (Wildman–Crippen MR) is 130 cm³/mol. The molecule has 0 atom stereocenters. The van der Waals surface area contributed by atoms with Gasteiger partial charge in [-0.1, -0.05) is 13.0 Å². The first-order chi connectivity index (χ1) is 17.4. The highest BCUT2D eigenvalue weighted by Gasteiger charge is 2.42. The van der Waals surface area contributed by atoms with E-state index < -0.39 is 18.3 Å². The zero-order chi connectivity index (χ0) is 26.2. The largest absolute Gasteiger partial charge is 0.430 e. The smallest absolute Gasteiger partial charge is 0.408 e. The maximum Gasteiger partial charge on any atom is 0.408 e. The molecular formula is C25H26F3N7O2. The van der Waals surface area contributed by atoms with Crippen molar-refractivity contribution in [3.63, 3.8) is 0 Å². The van der Waals surface area contributed by atoms with Crippen LogP contribution in [0.5, 0.6) is 0 Å². The molecule has 0 bridgehead atoms. The molecular weight excluding hydrogens is 487 g/mol. The summed E-state index contributed by atoms with van der Waals surface area (Å²) in [7, 11) is 0. The van der Waals surface area contributed by atoms with Crippen molar-refractivity contribution in [2.75, 3.05) is 11.9 Å². The molecule has 4 heterocycles. The highest BCUT2D eigenvalue weighted by atomic mass is 19.4. The minimum absolute atomic E-state index is 0.0237. The van der Waals surface area contributed by atoms with Gasteiger partial charge in [-0.3, -0.25) is 4.79 Å². The Balaban J connectivity index is 1.43. The van der Waals surface area contributed by atoms with Gasteiger partial charge in [0.05, 0.1) is 5.69 Å². The van der Waals surface area contributed by atoms with Crippen LogP contribution < -0.4 is 16.2 Å². The minimum Gasteiger partial charge on any atom is -0.430 e. The molecule has 1 aliphatic heterocycles. The molecule has 1 aliphatic carbocycles. The van der Waals surface area contributed by atoms with Crippen LogP contribution in [0.1, 0.15) is 50.4 Å². The number of nitrogens with zero attached hydrogens (tertiary/aromatic N) is 5. The van der Waals surface area contributed by atoms with Gasteiger partial charge in [0.25, 0.3) is 5.56 Å². The summed E-state index contributed by atoms with van der Waals surface area (Å²) in [5, 5.41) is 6.55. The Morgan fingerprint density at radius 1 is 1.19 bits per heavy atom. The number of rotatable bonds is 5. The van der Waals surface area contributed by atoms with Crippen LogP contribution in [-0.2, 0) is 23.9 Å². The van der Waals surface area contributed by atoms with Crippen LogP contribution >= 0.6 is 0 Å². The van der Waals surface area contributed by atoms with Crippen LogP contribution in [-0.4, -0.2) is 37.0 Å². The van der Waals surface area contributed by atoms with Gasteiger partial charge in [-0.05, 0) is 62.9 Å². The molecule has 0 amide bonds. The molecule has 1 fully saturated rings. The summed E-state index contributed by atoms with van der Waals surface area (Å²) >= 11 is 0. The molecule has 2 N–H and O–H groups in total. The number of aromatic nitrogens is 5. The lowest BCUT2D eigenvalue weighted by atomic mass is 9.85. The fourth-order valence-electron chi connectivity index (χ4n) is 4.90. The summed E-state index contributed by atoms with van der Waals surface area (Å²) in [6, 6.07) is 5.81. The summed E-state index contributed by atoms with van der Waals surface area (Å²) in [4.78, 5) is 26.0. The van der Waals surface area contributed by atoms with Crippen molar-refractivity contribution in [1.82, 2.24) is 29.6 Å². The Labute approximate surface area is 209 Å². The van der Waals surface area contributed by atoms with Gasteiger partial charge in [-0.15, -0.1) is 0 Å². The van der Waals surface area contributed by atoms with Gasteiger partial charge < -0.3 is 15.1 Å². The van der Waals surface area contributed by atoms with Crippen molar-refractivity contribution in [2.45, 2.75) is 63.7 Å². The average Bonchev–Trinajstić information content (AvgIpc) is 3.27. The van der Waals surface area contributed by atoms with Gasteiger partial charge in [-0.2, -0.15) is 27.8 Å². The van der Waals surface area contributed by atoms with Crippen LogP contribution in [0.2, 0.25) is 0 Å². The maximum absolute atomic E-state index is 13.4. The Kier molecular flexibility index (Phi) is 5.07. The number of oxazole rings is 1. The molecule has 0 unspecified atom stereocenters. The predicted octanol–water partition coefficient (Wildman–Crippen LogP) is 4.31. The number of nitrogens with one attached hydrogen (secondary N) is 2. The zero-order valence-corrected chi connectivity index (χ0v) is 20.6. The second-order valence-corrected chi connectivity index (χ2v) is 10.6. The lowest BCUT2D eigenvalue weighted by molar-refractivity contribution is -0.144. The number of alkyl halides is 3. The number of fused-ring (bicyclic) bond motifs is 2. The van der Waals surface area contributed by atoms with E-state index in [4.69, 9.17) is 4.42 Å². The van der Waals surface area contributed by atoms with Crippen molar-refractivity contribution in [2.24, 2.45) is 0 Å². The van der Waals surface area contributed by atoms with Crippen LogP contribution in [0.15, 0.2) is 39.9 Å². The second-order valence-electron chi connectivity index (χ2n) is 10.6. The van der Waals surface area contributed by atoms with Crippen LogP contribution in [0.4, 0.5) is 24.8 Å². The maximum atomic E-state index is 13.4. The van der Waals surface area contributed by atoms with E-state index in [1.54, 1.807) is 0 Å². The Morgan fingerprint density at radius 2 is 1.97 bits per heavy atom. The van der Waals surface area contributed by atoms with Gasteiger partial charge in [-0.25, -0.2) is 9.67 Å². The fourth-order valence-corrected chi connectivity index (χ4v) is 4.90. The van der Waals surface area contributed by atoms with Gasteiger partial charge in [0.2, 0.25) is 5.95 Å². The number of hydrogen-bond donors (Lipinski definition) is 2. The van der Waals surface area contributed by atoms with E-state index in [2.05, 4.69) is 39.4 Å². The summed E-state index contributed by atoms with van der Waals surface area (Å²) in [5.74, 6) is 0.138. The van der Waals surface area contributed by atoms with E-state index in [9.17, 15) is 18.0 Å². The van der Waals surface area contributed by atoms with E-state index in [0.717, 1.165) is 36.2 Å². The number of halogens is 3. The Morgan fingerprint density at radius 3 is 2.70 bits per heavy atom. The molecule has 1 saturated carbocycles. The lowest BCUT2D eigenvalue weighted by Crippen LogP contribution is -2.42. The average molecular weight is 514 g/mol. The molecule has 4 aromatic rings. The molecule has 0 spiro atoms. The summed E-state index contributed by atoms with van der Waals surface area (Å²) in [6.45, 7) is 5.58. The number of hydrogen-bond acceptors (Lipinski definition) is 7. The molecule has 0 saturated heterocycles. The number of anilines is 2. The quantitative estimate of drug-likeness (QED) is 0.410. The minimum atomic E-state index is -4.64. The number of benzene rings is 1. The lowest BCUT2D eigenvalue weighted by Gasteiger charge is -2.34. The highest BCUT2D eigenvalue weighted by molar-refractivity contribution is 5.76. The Hall–Kier alpha value is -3.67. The van der Waals surface area contributed by atoms with Crippen molar-refractivity contribution in [1.29, 1.82) is 0 Å². The zero-order valence-electron chi connectivity index (χ0n) is 20.6. The van der Waals surface area contributed by atoms with Crippen LogP contribution in [0.25, 0.3) is 17.0 Å². The molecule has 194 valence electrons. The topological polar surface area (TPSA) is 103 Å². The molecule has 6 rings (SSSR count). The standard InChI is InChI=1S/C25H26F3N7O2/c1-23(2)17-5-4-15(10-14(17)6-9-30-23)31-21-29-11-16-19(33-21)35(34(20(16)36)13-25(26,27)28)22-32-18(12-37-22)24(3)7-8-24/h4-5,10-12,30H,6-9,13H2,1-3H3,(H,29,31,33). The van der Waals surface area contributed by atoms with Crippen molar-refractivity contribution in [3.8, 4) is 6.01 Å². The van der Waals surface area contributed by atoms with Gasteiger partial charge in [0.15, 0.2) is 5.65 Å². The highest BCUT2D eigenvalue weighted by Crippen LogP contribution is 2.47. The first kappa shape index (κ1) is 23.7. The second kappa shape index (κ2) is 7.91. The molecule has 9 nitrogen and oxygen atoms in total. The van der Waals surface area contributed by atoms with Gasteiger partial charge in [0, 0.05) is 22.8 Å². The third-order valence-corrected chi connectivity index (χ3v) is 7.29. The van der Waals surface area contributed by atoms with Gasteiger partial charge in [0.1, 0.15) is 18.2 Å². The van der Waals surface area contributed by atoms with E-state index in [-0.39, 0.29) is 34.0 Å². The normalized spacial score (nSPS) is 18.1. The first-order valence-electron chi connectivity index (χ1n) is 12.1. The first-order valence-corrected chi connectivity index (χ1v) is 12.1. The molecule has 0 radical (unpaired) electrons. The molecule has 3 aromatic heterocycles. The third kappa shape index (κ3) is 4.18. The van der Waals surface area contributed by atoms with Crippen molar-refractivity contribution < 1.29 is 17.6 Å². The third-order valence-electron chi connectivity index (χ3n) is 7.29. The molecule has 2 aliphatic rings. The van der Waals surface area contributed by atoms with Crippen LogP contribution in [0.3, 0.4) is 0 Å². The van der Waals surface area contributed by atoms with Crippen LogP contribution in [0, 0.1) is 0 Å².